The van der Waals surface area contributed by atoms with Gasteiger partial charge in [-0.3, -0.25) is 14.5 Å². The second-order valence-electron chi connectivity index (χ2n) is 8.28. The third kappa shape index (κ3) is 6.79. The van der Waals surface area contributed by atoms with Gasteiger partial charge >= 0.3 is 0 Å². The van der Waals surface area contributed by atoms with Crippen molar-refractivity contribution in [3.63, 3.8) is 0 Å². The monoisotopic (exact) mass is 449 g/mol. The topological polar surface area (TPSA) is 52.6 Å². The third-order valence-electron chi connectivity index (χ3n) is 5.39. The highest BCUT2D eigenvalue weighted by atomic mass is 32.2. The van der Waals surface area contributed by atoms with Crippen LogP contribution in [0, 0.1) is 0 Å². The van der Waals surface area contributed by atoms with Gasteiger partial charge in [0.1, 0.15) is 10.4 Å². The molecule has 30 heavy (non-hydrogen) atoms. The molecule has 1 aliphatic heterocycles. The Labute approximate surface area is 191 Å². The molecule has 1 fully saturated rings. The Morgan fingerprint density at radius 3 is 2.30 bits per heavy atom. The van der Waals surface area contributed by atoms with Crippen LogP contribution in [0.25, 0.3) is 0 Å². The second kappa shape index (κ2) is 11.8. The van der Waals surface area contributed by atoms with Crippen molar-refractivity contribution < 1.29 is 9.59 Å². The van der Waals surface area contributed by atoms with Crippen molar-refractivity contribution >= 4 is 40.1 Å². The molecular weight excluding hydrogens is 414 g/mol. The van der Waals surface area contributed by atoms with E-state index in [1.54, 1.807) is 17.0 Å². The van der Waals surface area contributed by atoms with Gasteiger partial charge in [0.05, 0.1) is 0 Å². The number of carbonyl (C=O) groups is 2. The lowest BCUT2D eigenvalue weighted by molar-refractivity contribution is -0.130. The maximum atomic E-state index is 13.4. The van der Waals surface area contributed by atoms with Crippen molar-refractivity contribution in [3.8, 4) is 0 Å². The van der Waals surface area contributed by atoms with Gasteiger partial charge in [0.25, 0.3) is 11.8 Å². The highest BCUT2D eigenvalue weighted by Crippen LogP contribution is 2.36. The van der Waals surface area contributed by atoms with Crippen LogP contribution in [0.4, 0.5) is 0 Å². The number of amides is 2. The van der Waals surface area contributed by atoms with E-state index in [1.165, 1.54) is 11.8 Å². The predicted octanol–water partition coefficient (Wildman–Crippen LogP) is 4.33. The first-order valence-electron chi connectivity index (χ1n) is 10.9. The number of benzene rings is 1. The van der Waals surface area contributed by atoms with E-state index in [9.17, 15) is 9.59 Å². The number of rotatable bonds is 11. The number of thioether (sulfide) groups is 1. The molecule has 0 aromatic heterocycles. The highest BCUT2D eigenvalue weighted by Gasteiger charge is 2.46. The molecule has 1 atom stereocenters. The Balaban J connectivity index is 2.08. The van der Waals surface area contributed by atoms with E-state index in [-0.39, 0.29) is 11.8 Å². The molecule has 0 bridgehead atoms. The molecular formula is C23H35N3O2S2. The molecule has 1 N–H and O–H groups in total. The largest absolute Gasteiger partial charge is 0.339 e. The molecule has 1 unspecified atom stereocenters. The molecule has 2 rings (SSSR count). The molecule has 1 heterocycles. The fourth-order valence-corrected chi connectivity index (χ4v) is 5.31. The number of hydrogen-bond donors (Lipinski definition) is 1. The summed E-state index contributed by atoms with van der Waals surface area (Å²) in [5, 5.41) is 2.96. The van der Waals surface area contributed by atoms with Crippen molar-refractivity contribution in [1.29, 1.82) is 0 Å². The van der Waals surface area contributed by atoms with Gasteiger partial charge < -0.3 is 10.2 Å². The van der Waals surface area contributed by atoms with E-state index >= 15 is 0 Å². The summed E-state index contributed by atoms with van der Waals surface area (Å²) >= 11 is 7.07. The van der Waals surface area contributed by atoms with Crippen LogP contribution in [-0.2, 0) is 4.79 Å². The average molecular weight is 450 g/mol. The van der Waals surface area contributed by atoms with Crippen LogP contribution < -0.4 is 5.32 Å². The smallest absolute Gasteiger partial charge is 0.252 e. The van der Waals surface area contributed by atoms with Gasteiger partial charge in [-0.25, -0.2) is 0 Å². The minimum Gasteiger partial charge on any atom is -0.339 e. The molecule has 1 aliphatic rings. The Morgan fingerprint density at radius 1 is 1.13 bits per heavy atom. The Bertz CT molecular complexity index is 716. The van der Waals surface area contributed by atoms with Crippen LogP contribution in [-0.4, -0.2) is 62.9 Å². The lowest BCUT2D eigenvalue weighted by Crippen LogP contribution is -2.62. The van der Waals surface area contributed by atoms with Crippen molar-refractivity contribution in [2.75, 3.05) is 26.2 Å². The second-order valence-corrected chi connectivity index (χ2v) is 10.6. The maximum Gasteiger partial charge on any atom is 0.252 e. The van der Waals surface area contributed by atoms with Crippen LogP contribution >= 0.6 is 24.0 Å². The quantitative estimate of drug-likeness (QED) is 0.510. The minimum absolute atomic E-state index is 0.112. The highest BCUT2D eigenvalue weighted by molar-refractivity contribution is 8.24. The molecule has 2 amide bonds. The average Bonchev–Trinajstić information content (AvgIpc) is 2.72. The van der Waals surface area contributed by atoms with E-state index in [4.69, 9.17) is 12.2 Å². The van der Waals surface area contributed by atoms with E-state index in [1.807, 2.05) is 32.0 Å². The Hall–Kier alpha value is -1.44. The van der Waals surface area contributed by atoms with Gasteiger partial charge in [-0.15, -0.1) is 0 Å². The van der Waals surface area contributed by atoms with Crippen molar-refractivity contribution in [2.45, 2.75) is 64.2 Å². The van der Waals surface area contributed by atoms with Crippen LogP contribution in [0.15, 0.2) is 30.3 Å². The molecule has 1 aromatic rings. The van der Waals surface area contributed by atoms with Crippen LogP contribution in [0.1, 0.15) is 63.7 Å². The van der Waals surface area contributed by atoms with Gasteiger partial charge in [-0.1, -0.05) is 68.9 Å². The van der Waals surface area contributed by atoms with Crippen LogP contribution in [0.5, 0.6) is 0 Å². The van der Waals surface area contributed by atoms with Crippen molar-refractivity contribution in [1.82, 2.24) is 15.1 Å². The maximum absolute atomic E-state index is 13.4. The first-order chi connectivity index (χ1) is 14.3. The number of nitrogens with zero attached hydrogens (tertiary/aromatic N) is 2. The van der Waals surface area contributed by atoms with E-state index in [0.717, 1.165) is 45.3 Å². The van der Waals surface area contributed by atoms with Crippen LogP contribution in [0.3, 0.4) is 0 Å². The van der Waals surface area contributed by atoms with Gasteiger partial charge in [-0.2, -0.15) is 0 Å². The SMILES string of the molecule is CCCCN(CCCC)CCN1C(=O)C(NC(=O)c2ccccc2)C(C)(C)SC1=S. The Kier molecular flexibility index (Phi) is 9.78. The molecule has 0 saturated carbocycles. The minimum atomic E-state index is -0.623. The molecule has 1 saturated heterocycles. The van der Waals surface area contributed by atoms with Gasteiger partial charge in [-0.05, 0) is 51.9 Å². The molecule has 0 radical (unpaired) electrons. The summed E-state index contributed by atoms with van der Waals surface area (Å²) in [6, 6.07) is 8.39. The van der Waals surface area contributed by atoms with Gasteiger partial charge in [0.2, 0.25) is 0 Å². The zero-order chi connectivity index (χ0) is 22.1. The lowest BCUT2D eigenvalue weighted by Gasteiger charge is -2.43. The van der Waals surface area contributed by atoms with Gasteiger partial charge in [0, 0.05) is 23.4 Å². The fourth-order valence-electron chi connectivity index (χ4n) is 3.46. The summed E-state index contributed by atoms with van der Waals surface area (Å²) in [7, 11) is 0. The van der Waals surface area contributed by atoms with Crippen LogP contribution in [0.2, 0.25) is 0 Å². The first-order valence-corrected chi connectivity index (χ1v) is 12.1. The summed E-state index contributed by atoms with van der Waals surface area (Å²) in [5.41, 5.74) is 0.552. The summed E-state index contributed by atoms with van der Waals surface area (Å²) in [5.74, 6) is -0.345. The van der Waals surface area contributed by atoms with E-state index in [2.05, 4.69) is 24.1 Å². The molecule has 5 nitrogen and oxygen atoms in total. The molecule has 1 aromatic carbocycles. The fraction of sp³-hybridized carbons (Fsp3) is 0.609. The molecule has 7 heteroatoms. The molecule has 0 aliphatic carbocycles. The zero-order valence-electron chi connectivity index (χ0n) is 18.6. The zero-order valence-corrected chi connectivity index (χ0v) is 20.3. The number of hydrogen-bond acceptors (Lipinski definition) is 5. The Morgan fingerprint density at radius 2 is 1.73 bits per heavy atom. The van der Waals surface area contributed by atoms with Crippen molar-refractivity contribution in [3.05, 3.63) is 35.9 Å². The summed E-state index contributed by atoms with van der Waals surface area (Å²) < 4.78 is 0.0975. The molecule has 166 valence electrons. The first kappa shape index (κ1) is 24.8. The number of nitrogens with one attached hydrogen (secondary N) is 1. The third-order valence-corrected chi connectivity index (χ3v) is 7.01. The number of carbonyl (C=O) groups excluding carboxylic acids is 2. The predicted molar refractivity (Wildman–Crippen MR) is 130 cm³/mol. The van der Waals surface area contributed by atoms with Crippen molar-refractivity contribution in [2.24, 2.45) is 0 Å². The number of unbranched alkanes of at least 4 members (excludes halogenated alkanes) is 2. The summed E-state index contributed by atoms with van der Waals surface area (Å²) in [6.45, 7) is 11.8. The van der Waals surface area contributed by atoms with E-state index < -0.39 is 10.8 Å². The standard InChI is InChI=1S/C23H35N3O2S2/c1-5-7-14-25(15-8-6-2)16-17-26-21(28)19(23(3,4)30-22(26)29)24-20(27)18-12-10-9-11-13-18/h9-13,19H,5-8,14-17H2,1-4H3,(H,24,27). The normalized spacial score (nSPS) is 18.7. The summed E-state index contributed by atoms with van der Waals surface area (Å²) in [6.07, 6.45) is 4.61. The summed E-state index contributed by atoms with van der Waals surface area (Å²) in [4.78, 5) is 30.2. The van der Waals surface area contributed by atoms with Gasteiger partial charge in [0.15, 0.2) is 0 Å². The lowest BCUT2D eigenvalue weighted by atomic mass is 10.0. The molecule has 0 spiro atoms. The van der Waals surface area contributed by atoms with E-state index in [0.29, 0.717) is 16.4 Å². The number of thiocarbonyl (C=S) groups is 1.